The Bertz CT molecular complexity index is 2130. The van der Waals surface area contributed by atoms with Gasteiger partial charge >= 0.3 is 85.5 Å². The monoisotopic (exact) mass is 980 g/mol. The first-order valence-electron chi connectivity index (χ1n) is 16.5. The molecule has 6 aromatic heterocycles. The van der Waals surface area contributed by atoms with Gasteiger partial charge in [-0.2, -0.15) is 0 Å². The van der Waals surface area contributed by atoms with Crippen LogP contribution in [0.1, 0.15) is 33.4 Å². The quantitative estimate of drug-likeness (QED) is 0.0940. The molecule has 0 spiro atoms. The van der Waals surface area contributed by atoms with Crippen LogP contribution in [0.25, 0.3) is 52.4 Å². The number of aromatic nitrogens is 6. The molecule has 0 aliphatic heterocycles. The molecule has 60 heavy (non-hydrogen) atoms. The van der Waals surface area contributed by atoms with Gasteiger partial charge in [-0.3, -0.25) is 29.9 Å². The summed E-state index contributed by atoms with van der Waals surface area (Å²) in [5.41, 5.74) is 12.1. The van der Waals surface area contributed by atoms with Gasteiger partial charge in [-0.15, -0.1) is 0 Å². The number of hydrogen-bond acceptors (Lipinski definition) is 6. The summed E-state index contributed by atoms with van der Waals surface area (Å²) in [6.07, 6.45) is 16.1. The third-order valence-corrected chi connectivity index (χ3v) is 6.59. The molecular formula is C39H36F12N6P2Ru. The van der Waals surface area contributed by atoms with E-state index in [4.69, 9.17) is 0 Å². The van der Waals surface area contributed by atoms with E-state index in [1.165, 1.54) is 16.7 Å². The average molecular weight is 980 g/mol. The van der Waals surface area contributed by atoms with Gasteiger partial charge in [-0.25, -0.2) is 0 Å². The van der Waals surface area contributed by atoms with Crippen molar-refractivity contribution >= 4 is 33.8 Å². The third-order valence-electron chi connectivity index (χ3n) is 6.59. The van der Waals surface area contributed by atoms with Crippen LogP contribution >= 0.6 is 15.6 Å². The average Bonchev–Trinajstić information content (AvgIpc) is 3.13. The van der Waals surface area contributed by atoms with Gasteiger partial charge in [0.2, 0.25) is 0 Å². The van der Waals surface area contributed by atoms with Crippen LogP contribution in [0, 0.1) is 20.8 Å². The minimum Gasteiger partial charge on any atom is 2.00 e. The van der Waals surface area contributed by atoms with Gasteiger partial charge in [0.25, 0.3) is 0 Å². The molecule has 0 atom stereocenters. The van der Waals surface area contributed by atoms with E-state index in [0.29, 0.717) is 0 Å². The van der Waals surface area contributed by atoms with E-state index in [1.54, 1.807) is 55.4 Å². The zero-order valence-electron chi connectivity index (χ0n) is 31.7. The second-order valence-corrected chi connectivity index (χ2v) is 15.9. The predicted octanol–water partition coefficient (Wildman–Crippen LogP) is 16.0. The SMILES string of the molecule is C=Cc1ccnc(-c2cc(C)ccn2)c1.C=Cc1ccnc(-c2cc(C)ccn2)c1.C=Cc1ccnc(-c2cc(C)ccn2)c1.F[P-](F)(F)(F)(F)F.F[P-](F)(F)(F)(F)F.[Ru+2]. The van der Waals surface area contributed by atoms with Crippen LogP contribution in [-0.4, -0.2) is 29.9 Å². The summed E-state index contributed by atoms with van der Waals surface area (Å²) in [7, 11) is -21.3. The molecule has 6 nitrogen and oxygen atoms in total. The van der Waals surface area contributed by atoms with Gasteiger partial charge < -0.3 is 0 Å². The summed E-state index contributed by atoms with van der Waals surface area (Å²) >= 11 is 0. The minimum absolute atomic E-state index is 0. The standard InChI is InChI=1S/3C13H12N2.2F6P.Ru/c3*1-3-11-5-7-15-13(9-11)12-8-10(2)4-6-14-12;2*1-7(2,3,4,5)6;/h3*3-9H,1H2,2H3;;;/q;;;2*-1;+2. The Balaban J connectivity index is 0.000000388. The van der Waals surface area contributed by atoms with Gasteiger partial charge in [0.1, 0.15) is 0 Å². The van der Waals surface area contributed by atoms with Crippen LogP contribution in [-0.2, 0) is 19.5 Å². The summed E-state index contributed by atoms with van der Waals surface area (Å²) in [4.78, 5) is 25.7. The second-order valence-electron chi connectivity index (χ2n) is 12.1. The number of rotatable bonds is 6. The minimum atomic E-state index is -10.7. The zero-order valence-corrected chi connectivity index (χ0v) is 35.2. The number of nitrogens with zero attached hydrogens (tertiary/aromatic N) is 6. The van der Waals surface area contributed by atoms with Crippen LogP contribution in [0.5, 0.6) is 0 Å². The maximum atomic E-state index is 9.87. The summed E-state index contributed by atoms with van der Waals surface area (Å²) in [6.45, 7) is 17.3. The van der Waals surface area contributed by atoms with Crippen LogP contribution in [0.2, 0.25) is 0 Å². The Kier molecular flexibility index (Phi) is 17.1. The molecule has 0 radical (unpaired) electrons. The first-order valence-corrected chi connectivity index (χ1v) is 20.5. The van der Waals surface area contributed by atoms with Crippen molar-refractivity contribution in [3.63, 3.8) is 0 Å². The normalized spacial score (nSPS) is 12.8. The molecule has 0 unspecified atom stereocenters. The second kappa shape index (κ2) is 19.4. The molecule has 324 valence electrons. The van der Waals surface area contributed by atoms with Crippen molar-refractivity contribution in [2.45, 2.75) is 20.8 Å². The first-order chi connectivity index (χ1) is 26.8. The van der Waals surface area contributed by atoms with E-state index in [9.17, 15) is 50.4 Å². The number of hydrogen-bond donors (Lipinski definition) is 0. The molecule has 0 aliphatic carbocycles. The largest absolute Gasteiger partial charge is 2.00 e. The molecule has 6 rings (SSSR count). The van der Waals surface area contributed by atoms with E-state index >= 15 is 0 Å². The Morgan fingerprint density at radius 2 is 0.517 bits per heavy atom. The van der Waals surface area contributed by atoms with E-state index in [1.807, 2.05) is 93.6 Å². The van der Waals surface area contributed by atoms with E-state index in [0.717, 1.165) is 50.9 Å². The Hall–Kier alpha value is -5.24. The number of pyridine rings is 6. The third kappa shape index (κ3) is 26.7. The van der Waals surface area contributed by atoms with Crippen LogP contribution in [0.3, 0.4) is 0 Å². The number of aryl methyl sites for hydroxylation is 3. The van der Waals surface area contributed by atoms with Crippen molar-refractivity contribution < 1.29 is 69.8 Å². The summed E-state index contributed by atoms with van der Waals surface area (Å²) in [5.74, 6) is 0. The van der Waals surface area contributed by atoms with Crippen molar-refractivity contribution in [1.29, 1.82) is 0 Å². The van der Waals surface area contributed by atoms with Crippen LogP contribution in [0.15, 0.2) is 130 Å². The molecule has 6 heterocycles. The topological polar surface area (TPSA) is 77.3 Å². The van der Waals surface area contributed by atoms with Crippen molar-refractivity contribution in [2.75, 3.05) is 0 Å². The Morgan fingerprint density at radius 3 is 0.683 bits per heavy atom. The van der Waals surface area contributed by atoms with Gasteiger partial charge in [-0.05, 0) is 127 Å². The smallest absolute Gasteiger partial charge is 2.00 e. The van der Waals surface area contributed by atoms with Crippen molar-refractivity contribution in [1.82, 2.24) is 29.9 Å². The van der Waals surface area contributed by atoms with Crippen LogP contribution in [0.4, 0.5) is 50.4 Å². The zero-order chi connectivity index (χ0) is 44.8. The molecule has 0 aliphatic rings. The molecule has 0 N–H and O–H groups in total. The van der Waals surface area contributed by atoms with E-state index in [2.05, 4.69) is 49.6 Å². The maximum absolute atomic E-state index is 10.7. The van der Waals surface area contributed by atoms with E-state index in [-0.39, 0.29) is 19.5 Å². The molecule has 0 amide bonds. The molecule has 21 heteroatoms. The molecule has 6 aromatic rings. The molecule has 0 aromatic carbocycles. The first kappa shape index (κ1) is 52.8. The molecule has 0 bridgehead atoms. The summed E-state index contributed by atoms with van der Waals surface area (Å²) < 4.78 is 118. The Morgan fingerprint density at radius 1 is 0.350 bits per heavy atom. The van der Waals surface area contributed by atoms with Gasteiger partial charge in [0.15, 0.2) is 0 Å². The fourth-order valence-electron chi connectivity index (χ4n) is 4.17. The predicted molar refractivity (Wildman–Crippen MR) is 214 cm³/mol. The Labute approximate surface area is 350 Å². The summed E-state index contributed by atoms with van der Waals surface area (Å²) in [5, 5.41) is 0. The molecule has 0 saturated heterocycles. The fourth-order valence-corrected chi connectivity index (χ4v) is 4.17. The molecular weight excluding hydrogens is 943 g/mol. The summed E-state index contributed by atoms with van der Waals surface area (Å²) in [6, 6.07) is 23.7. The maximum Gasteiger partial charge on any atom is 2.00 e. The van der Waals surface area contributed by atoms with Gasteiger partial charge in [-0.1, -0.05) is 38.0 Å². The van der Waals surface area contributed by atoms with Crippen molar-refractivity contribution in [2.24, 2.45) is 0 Å². The van der Waals surface area contributed by atoms with Crippen LogP contribution < -0.4 is 0 Å². The van der Waals surface area contributed by atoms with Gasteiger partial charge in [0, 0.05) is 37.2 Å². The van der Waals surface area contributed by atoms with Crippen molar-refractivity contribution in [3.8, 4) is 34.2 Å². The molecule has 0 fully saturated rings. The van der Waals surface area contributed by atoms with E-state index < -0.39 is 15.6 Å². The van der Waals surface area contributed by atoms with Gasteiger partial charge in [0.05, 0.1) is 34.2 Å². The number of halogens is 12. The fraction of sp³-hybridized carbons (Fsp3) is 0.0769. The molecule has 0 saturated carbocycles. The van der Waals surface area contributed by atoms with Crippen molar-refractivity contribution in [3.05, 3.63) is 163 Å².